The molecule has 1 N–H and O–H groups in total. The number of carbonyl (C=O) groups is 2. The van der Waals surface area contributed by atoms with Crippen molar-refractivity contribution < 1.29 is 18.4 Å². The fraction of sp³-hybridized carbons (Fsp3) is 0.556. The van der Waals surface area contributed by atoms with E-state index in [9.17, 15) is 18.4 Å². The van der Waals surface area contributed by atoms with Crippen LogP contribution >= 0.6 is 0 Å². The standard InChI is InChI=1S/C18H23F2N3O2/c19-14-6-4-5-13(9-14)11-21-18(25)23-12-15(20)10-16(23)17(24)22-7-2-1-3-8-22/h4-6,9,15-16H,1-3,7-8,10-12H2,(H,21,25)/t15-,16-/m0/s1. The van der Waals surface area contributed by atoms with E-state index >= 15 is 0 Å². The second-order valence-corrected chi connectivity index (χ2v) is 6.68. The summed E-state index contributed by atoms with van der Waals surface area (Å²) in [4.78, 5) is 28.1. The first kappa shape index (κ1) is 17.6. The monoisotopic (exact) mass is 351 g/mol. The van der Waals surface area contributed by atoms with Gasteiger partial charge in [0.1, 0.15) is 18.0 Å². The lowest BCUT2D eigenvalue weighted by atomic mass is 10.1. The van der Waals surface area contributed by atoms with E-state index in [-0.39, 0.29) is 31.2 Å². The van der Waals surface area contributed by atoms with Crippen LogP contribution in [0.2, 0.25) is 0 Å². The van der Waals surface area contributed by atoms with E-state index in [4.69, 9.17) is 0 Å². The first-order chi connectivity index (χ1) is 12.0. The molecule has 2 aliphatic rings. The second-order valence-electron chi connectivity index (χ2n) is 6.68. The van der Waals surface area contributed by atoms with Crippen LogP contribution in [-0.4, -0.2) is 53.6 Å². The van der Waals surface area contributed by atoms with E-state index in [1.165, 1.54) is 17.0 Å². The molecule has 5 nitrogen and oxygen atoms in total. The summed E-state index contributed by atoms with van der Waals surface area (Å²) in [5.74, 6) is -0.546. The number of rotatable bonds is 3. The predicted octanol–water partition coefficient (Wildman–Crippen LogP) is 2.46. The number of nitrogens with one attached hydrogen (secondary N) is 1. The third-order valence-corrected chi connectivity index (χ3v) is 4.80. The summed E-state index contributed by atoms with van der Waals surface area (Å²) < 4.78 is 27.1. The summed E-state index contributed by atoms with van der Waals surface area (Å²) in [5.41, 5.74) is 0.614. The summed E-state index contributed by atoms with van der Waals surface area (Å²) in [6.45, 7) is 1.39. The van der Waals surface area contributed by atoms with Crippen LogP contribution in [0.25, 0.3) is 0 Å². The SMILES string of the molecule is O=C([C@@H]1C[C@H](F)CN1C(=O)NCc1cccc(F)c1)N1CCCCC1. The molecule has 0 saturated carbocycles. The Hall–Kier alpha value is -2.18. The largest absolute Gasteiger partial charge is 0.341 e. The number of benzene rings is 1. The molecule has 25 heavy (non-hydrogen) atoms. The van der Waals surface area contributed by atoms with Gasteiger partial charge < -0.3 is 15.1 Å². The van der Waals surface area contributed by atoms with Crippen LogP contribution in [0.5, 0.6) is 0 Å². The molecule has 2 saturated heterocycles. The lowest BCUT2D eigenvalue weighted by Crippen LogP contribution is -2.51. The molecule has 7 heteroatoms. The summed E-state index contributed by atoms with van der Waals surface area (Å²) in [7, 11) is 0. The van der Waals surface area contributed by atoms with Crippen molar-refractivity contribution in [3.8, 4) is 0 Å². The van der Waals surface area contributed by atoms with Gasteiger partial charge in [0.25, 0.3) is 0 Å². The second kappa shape index (κ2) is 7.80. The Morgan fingerprint density at radius 2 is 1.96 bits per heavy atom. The van der Waals surface area contributed by atoms with E-state index in [0.717, 1.165) is 19.3 Å². The number of nitrogens with zero attached hydrogens (tertiary/aromatic N) is 2. The Kier molecular flexibility index (Phi) is 5.50. The van der Waals surface area contributed by atoms with Gasteiger partial charge in [0, 0.05) is 26.1 Å². The Labute approximate surface area is 146 Å². The van der Waals surface area contributed by atoms with E-state index < -0.39 is 18.2 Å². The highest BCUT2D eigenvalue weighted by molar-refractivity contribution is 5.88. The molecule has 3 rings (SSSR count). The number of likely N-dealkylation sites (tertiary alicyclic amines) is 2. The van der Waals surface area contributed by atoms with E-state index in [2.05, 4.69) is 5.32 Å². The predicted molar refractivity (Wildman–Crippen MR) is 89.1 cm³/mol. The highest BCUT2D eigenvalue weighted by atomic mass is 19.1. The van der Waals surface area contributed by atoms with Crippen LogP contribution in [0, 0.1) is 5.82 Å². The van der Waals surface area contributed by atoms with Crippen molar-refractivity contribution in [1.82, 2.24) is 15.1 Å². The third-order valence-electron chi connectivity index (χ3n) is 4.80. The summed E-state index contributed by atoms with van der Waals surface area (Å²) >= 11 is 0. The molecule has 0 spiro atoms. The normalized spacial score (nSPS) is 23.6. The van der Waals surface area contributed by atoms with E-state index in [1.54, 1.807) is 17.0 Å². The molecule has 0 aromatic heterocycles. The minimum Gasteiger partial charge on any atom is -0.341 e. The molecule has 0 unspecified atom stereocenters. The number of hydrogen-bond donors (Lipinski definition) is 1. The minimum absolute atomic E-state index is 0.0444. The highest BCUT2D eigenvalue weighted by Gasteiger charge is 2.41. The Bertz CT molecular complexity index is 635. The first-order valence-corrected chi connectivity index (χ1v) is 8.76. The number of amides is 3. The molecule has 0 radical (unpaired) electrons. The van der Waals surface area contributed by atoms with Gasteiger partial charge in [-0.15, -0.1) is 0 Å². The molecular formula is C18H23F2N3O2. The molecule has 0 aliphatic carbocycles. The number of piperidine rings is 1. The maximum atomic E-state index is 13.9. The van der Waals surface area contributed by atoms with Crippen LogP contribution in [0.4, 0.5) is 13.6 Å². The van der Waals surface area contributed by atoms with Gasteiger partial charge in [-0.1, -0.05) is 12.1 Å². The van der Waals surface area contributed by atoms with Gasteiger partial charge >= 0.3 is 6.03 Å². The number of alkyl halides is 1. The topological polar surface area (TPSA) is 52.7 Å². The van der Waals surface area contributed by atoms with E-state index in [0.29, 0.717) is 18.7 Å². The van der Waals surface area contributed by atoms with Crippen LogP contribution in [0.3, 0.4) is 0 Å². The molecule has 3 amide bonds. The quantitative estimate of drug-likeness (QED) is 0.910. The summed E-state index contributed by atoms with van der Waals surface area (Å²) in [6, 6.07) is 4.68. The lowest BCUT2D eigenvalue weighted by Gasteiger charge is -2.32. The van der Waals surface area contributed by atoms with Crippen molar-refractivity contribution in [3.63, 3.8) is 0 Å². The van der Waals surface area contributed by atoms with Gasteiger partial charge in [0.05, 0.1) is 6.54 Å². The zero-order valence-corrected chi connectivity index (χ0v) is 14.1. The summed E-state index contributed by atoms with van der Waals surface area (Å²) in [6.07, 6.45) is 1.84. The Morgan fingerprint density at radius 3 is 2.68 bits per heavy atom. The van der Waals surface area contributed by atoms with Crippen LogP contribution < -0.4 is 5.32 Å². The smallest absolute Gasteiger partial charge is 0.318 e. The average molecular weight is 351 g/mol. The van der Waals surface area contributed by atoms with Crippen molar-refractivity contribution in [1.29, 1.82) is 0 Å². The van der Waals surface area contributed by atoms with Crippen molar-refractivity contribution in [2.24, 2.45) is 0 Å². The number of halogens is 2. The molecule has 2 atom stereocenters. The van der Waals surface area contributed by atoms with E-state index in [1.807, 2.05) is 0 Å². The molecular weight excluding hydrogens is 328 g/mol. The molecule has 0 bridgehead atoms. The maximum Gasteiger partial charge on any atom is 0.318 e. The van der Waals surface area contributed by atoms with Crippen LogP contribution in [0.15, 0.2) is 24.3 Å². The van der Waals surface area contributed by atoms with Gasteiger partial charge in [-0.3, -0.25) is 4.79 Å². The molecule has 1 aromatic rings. The first-order valence-electron chi connectivity index (χ1n) is 8.76. The van der Waals surface area contributed by atoms with Crippen molar-refractivity contribution in [3.05, 3.63) is 35.6 Å². The fourth-order valence-electron chi connectivity index (χ4n) is 3.49. The lowest BCUT2D eigenvalue weighted by molar-refractivity contribution is -0.136. The Balaban J connectivity index is 1.62. The Morgan fingerprint density at radius 1 is 1.20 bits per heavy atom. The van der Waals surface area contributed by atoms with Crippen LogP contribution in [0.1, 0.15) is 31.2 Å². The van der Waals surface area contributed by atoms with Gasteiger partial charge in [-0.2, -0.15) is 0 Å². The van der Waals surface area contributed by atoms with Gasteiger partial charge in [0.2, 0.25) is 5.91 Å². The van der Waals surface area contributed by atoms with Crippen molar-refractivity contribution in [2.45, 2.75) is 44.4 Å². The minimum atomic E-state index is -1.20. The van der Waals surface area contributed by atoms with Crippen molar-refractivity contribution >= 4 is 11.9 Å². The molecule has 2 heterocycles. The van der Waals surface area contributed by atoms with Gasteiger partial charge in [-0.25, -0.2) is 13.6 Å². The maximum absolute atomic E-state index is 13.9. The number of hydrogen-bond acceptors (Lipinski definition) is 2. The molecule has 2 aliphatic heterocycles. The fourth-order valence-corrected chi connectivity index (χ4v) is 3.49. The zero-order valence-electron chi connectivity index (χ0n) is 14.1. The number of urea groups is 1. The van der Waals surface area contributed by atoms with Gasteiger partial charge in [0.15, 0.2) is 0 Å². The zero-order chi connectivity index (χ0) is 17.8. The average Bonchev–Trinajstić information content (AvgIpc) is 3.02. The highest BCUT2D eigenvalue weighted by Crippen LogP contribution is 2.24. The number of carbonyl (C=O) groups excluding carboxylic acids is 2. The molecule has 2 fully saturated rings. The third kappa shape index (κ3) is 4.27. The molecule has 136 valence electrons. The van der Waals surface area contributed by atoms with Crippen molar-refractivity contribution in [2.75, 3.05) is 19.6 Å². The molecule has 1 aromatic carbocycles. The van der Waals surface area contributed by atoms with Crippen LogP contribution in [-0.2, 0) is 11.3 Å². The van der Waals surface area contributed by atoms with Gasteiger partial charge in [-0.05, 0) is 37.0 Å². The summed E-state index contributed by atoms with van der Waals surface area (Å²) in [5, 5.41) is 2.66.